The third kappa shape index (κ3) is 4.74. The monoisotopic (exact) mass is 382 g/mol. The van der Waals surface area contributed by atoms with Crippen LogP contribution in [0.4, 0.5) is 17.2 Å². The molecule has 0 aliphatic heterocycles. The number of aromatic nitrogens is 2. The number of nitrogens with zero attached hydrogens (tertiary/aromatic N) is 2. The third-order valence-electron chi connectivity index (χ3n) is 3.77. The van der Waals surface area contributed by atoms with E-state index in [2.05, 4.69) is 20.6 Å². The number of ether oxygens (including phenoxy) is 1. The average molecular weight is 383 g/mol. The molecule has 7 heteroatoms. The Bertz CT molecular complexity index is 991. The normalized spacial score (nSPS) is 10.4. The highest BCUT2D eigenvalue weighted by Crippen LogP contribution is 2.30. The summed E-state index contributed by atoms with van der Waals surface area (Å²) in [7, 11) is 1.57. The molecule has 3 rings (SSSR count). The first-order valence-corrected chi connectivity index (χ1v) is 8.66. The molecule has 27 heavy (non-hydrogen) atoms. The molecule has 3 aromatic rings. The first-order chi connectivity index (χ1) is 12.9. The van der Waals surface area contributed by atoms with Crippen molar-refractivity contribution >= 4 is 34.7 Å². The van der Waals surface area contributed by atoms with E-state index in [1.807, 2.05) is 31.2 Å². The van der Waals surface area contributed by atoms with Gasteiger partial charge >= 0.3 is 0 Å². The van der Waals surface area contributed by atoms with Crippen LogP contribution >= 0.6 is 11.6 Å². The molecule has 0 saturated heterocycles. The van der Waals surface area contributed by atoms with E-state index in [-0.39, 0.29) is 11.6 Å². The minimum Gasteiger partial charge on any atom is -0.495 e. The van der Waals surface area contributed by atoms with Crippen LogP contribution in [0, 0.1) is 13.8 Å². The maximum Gasteiger partial charge on any atom is 0.274 e. The highest BCUT2D eigenvalue weighted by Gasteiger charge is 2.13. The molecule has 1 amide bonds. The van der Waals surface area contributed by atoms with Crippen LogP contribution in [-0.4, -0.2) is 23.0 Å². The van der Waals surface area contributed by atoms with Gasteiger partial charge in [0.05, 0.1) is 12.8 Å². The topological polar surface area (TPSA) is 76.1 Å². The second-order valence-electron chi connectivity index (χ2n) is 5.98. The van der Waals surface area contributed by atoms with Crippen LogP contribution in [0.25, 0.3) is 0 Å². The van der Waals surface area contributed by atoms with Crippen molar-refractivity contribution in [3.05, 3.63) is 70.6 Å². The minimum atomic E-state index is -0.313. The van der Waals surface area contributed by atoms with E-state index in [0.717, 1.165) is 5.56 Å². The third-order valence-corrected chi connectivity index (χ3v) is 4.01. The lowest BCUT2D eigenvalue weighted by atomic mass is 10.2. The van der Waals surface area contributed by atoms with Gasteiger partial charge in [-0.05, 0) is 49.7 Å². The molecule has 1 aromatic heterocycles. The molecule has 6 nitrogen and oxygen atoms in total. The lowest BCUT2D eigenvalue weighted by Crippen LogP contribution is -2.15. The molecule has 0 saturated carbocycles. The van der Waals surface area contributed by atoms with E-state index < -0.39 is 0 Å². The van der Waals surface area contributed by atoms with Crippen molar-refractivity contribution in [3.63, 3.8) is 0 Å². The smallest absolute Gasteiger partial charge is 0.274 e. The maximum absolute atomic E-state index is 12.6. The van der Waals surface area contributed by atoms with Crippen LogP contribution < -0.4 is 15.4 Å². The van der Waals surface area contributed by atoms with Crippen LogP contribution in [0.2, 0.25) is 5.02 Å². The van der Waals surface area contributed by atoms with E-state index in [0.29, 0.717) is 33.8 Å². The molecule has 0 aliphatic rings. The fourth-order valence-electron chi connectivity index (χ4n) is 2.58. The quantitative estimate of drug-likeness (QED) is 0.665. The van der Waals surface area contributed by atoms with Crippen LogP contribution in [0.15, 0.2) is 48.5 Å². The zero-order chi connectivity index (χ0) is 19.4. The molecule has 0 bridgehead atoms. The molecule has 0 aliphatic carbocycles. The van der Waals surface area contributed by atoms with Gasteiger partial charge in [-0.2, -0.15) is 0 Å². The Balaban J connectivity index is 1.86. The van der Waals surface area contributed by atoms with Gasteiger partial charge in [0, 0.05) is 16.8 Å². The fourth-order valence-corrected chi connectivity index (χ4v) is 2.75. The summed E-state index contributed by atoms with van der Waals surface area (Å²) in [6.07, 6.45) is 0. The summed E-state index contributed by atoms with van der Waals surface area (Å²) < 4.78 is 5.33. The van der Waals surface area contributed by atoms with Crippen molar-refractivity contribution in [2.24, 2.45) is 0 Å². The summed E-state index contributed by atoms with van der Waals surface area (Å²) in [5.41, 5.74) is 2.67. The molecule has 0 unspecified atom stereocenters. The molecular weight excluding hydrogens is 364 g/mol. The SMILES string of the molecule is COc1ccc(Cl)cc1Nc1cc(C(=O)Nc2cccc(C)c2)nc(C)n1. The number of halogens is 1. The van der Waals surface area contributed by atoms with Gasteiger partial charge in [0.15, 0.2) is 0 Å². The number of rotatable bonds is 5. The molecule has 2 aromatic carbocycles. The number of aryl methyl sites for hydroxylation is 2. The van der Waals surface area contributed by atoms with Crippen molar-refractivity contribution in [2.45, 2.75) is 13.8 Å². The van der Waals surface area contributed by atoms with E-state index >= 15 is 0 Å². The molecule has 0 radical (unpaired) electrons. The molecule has 0 spiro atoms. The summed E-state index contributed by atoms with van der Waals surface area (Å²) >= 11 is 6.06. The number of hydrogen-bond acceptors (Lipinski definition) is 5. The number of anilines is 3. The number of hydrogen-bond donors (Lipinski definition) is 2. The Morgan fingerprint density at radius 2 is 1.89 bits per heavy atom. The second kappa shape index (κ2) is 8.05. The van der Waals surface area contributed by atoms with Gasteiger partial charge in [-0.3, -0.25) is 4.79 Å². The van der Waals surface area contributed by atoms with Crippen LogP contribution in [-0.2, 0) is 0 Å². The Labute approximate surface area is 162 Å². The fraction of sp³-hybridized carbons (Fsp3) is 0.150. The summed E-state index contributed by atoms with van der Waals surface area (Å²) in [4.78, 5) is 21.2. The van der Waals surface area contributed by atoms with Crippen molar-refractivity contribution in [3.8, 4) is 5.75 Å². The highest BCUT2D eigenvalue weighted by atomic mass is 35.5. The first kappa shape index (κ1) is 18.7. The largest absolute Gasteiger partial charge is 0.495 e. The number of amides is 1. The van der Waals surface area contributed by atoms with E-state index in [9.17, 15) is 4.79 Å². The van der Waals surface area contributed by atoms with Crippen molar-refractivity contribution in [2.75, 3.05) is 17.7 Å². The molecule has 1 heterocycles. The summed E-state index contributed by atoms with van der Waals surface area (Å²) in [6, 6.07) is 14.4. The zero-order valence-electron chi connectivity index (χ0n) is 15.2. The summed E-state index contributed by atoms with van der Waals surface area (Å²) in [6.45, 7) is 3.69. The number of carbonyl (C=O) groups is 1. The van der Waals surface area contributed by atoms with E-state index in [1.165, 1.54) is 0 Å². The highest BCUT2D eigenvalue weighted by molar-refractivity contribution is 6.31. The van der Waals surface area contributed by atoms with Gasteiger partial charge in [-0.25, -0.2) is 9.97 Å². The van der Waals surface area contributed by atoms with Gasteiger partial charge in [-0.15, -0.1) is 0 Å². The van der Waals surface area contributed by atoms with Crippen molar-refractivity contribution in [1.29, 1.82) is 0 Å². The Hall–Kier alpha value is -3.12. The van der Waals surface area contributed by atoms with Gasteiger partial charge < -0.3 is 15.4 Å². The second-order valence-corrected chi connectivity index (χ2v) is 6.42. The van der Waals surface area contributed by atoms with Gasteiger partial charge in [0.25, 0.3) is 5.91 Å². The van der Waals surface area contributed by atoms with E-state index in [4.69, 9.17) is 16.3 Å². The number of carbonyl (C=O) groups excluding carboxylic acids is 1. The lowest BCUT2D eigenvalue weighted by Gasteiger charge is -2.12. The standard InChI is InChI=1S/C20H19ClN4O2/c1-12-5-4-6-15(9-12)24-20(26)17-11-19(23-13(2)22-17)25-16-10-14(21)7-8-18(16)27-3/h4-11H,1-3H3,(H,24,26)(H,22,23,25). The number of benzene rings is 2. The molecular formula is C20H19ClN4O2. The molecule has 0 atom stereocenters. The molecule has 0 fully saturated rings. The number of nitrogens with one attached hydrogen (secondary N) is 2. The first-order valence-electron chi connectivity index (χ1n) is 8.29. The van der Waals surface area contributed by atoms with Gasteiger partial charge in [0.1, 0.15) is 23.1 Å². The van der Waals surface area contributed by atoms with Crippen molar-refractivity contribution < 1.29 is 9.53 Å². The summed E-state index contributed by atoms with van der Waals surface area (Å²) in [5, 5.41) is 6.54. The van der Waals surface area contributed by atoms with Crippen LogP contribution in [0.5, 0.6) is 5.75 Å². The molecule has 138 valence electrons. The predicted octanol–water partition coefficient (Wildman–Crippen LogP) is 4.75. The number of methoxy groups -OCH3 is 1. The van der Waals surface area contributed by atoms with E-state index in [1.54, 1.807) is 38.3 Å². The van der Waals surface area contributed by atoms with Gasteiger partial charge in [0.2, 0.25) is 0 Å². The summed E-state index contributed by atoms with van der Waals surface area (Å²) in [5.74, 6) is 1.24. The Kier molecular flexibility index (Phi) is 5.57. The van der Waals surface area contributed by atoms with Crippen molar-refractivity contribution in [1.82, 2.24) is 9.97 Å². The van der Waals surface area contributed by atoms with Crippen LogP contribution in [0.1, 0.15) is 21.9 Å². The Morgan fingerprint density at radius 1 is 1.07 bits per heavy atom. The predicted molar refractivity (Wildman–Crippen MR) is 107 cm³/mol. The maximum atomic E-state index is 12.6. The average Bonchev–Trinajstić information content (AvgIpc) is 2.61. The zero-order valence-corrected chi connectivity index (χ0v) is 16.0. The minimum absolute atomic E-state index is 0.257. The van der Waals surface area contributed by atoms with Crippen LogP contribution in [0.3, 0.4) is 0 Å². The molecule has 2 N–H and O–H groups in total. The Morgan fingerprint density at radius 3 is 2.63 bits per heavy atom. The van der Waals surface area contributed by atoms with Gasteiger partial charge in [-0.1, -0.05) is 23.7 Å². The lowest BCUT2D eigenvalue weighted by molar-refractivity contribution is 0.102.